The molecule has 2 rings (SSSR count). The molecule has 0 aromatic carbocycles. The van der Waals surface area contributed by atoms with Gasteiger partial charge in [-0.2, -0.15) is 0 Å². The average Bonchev–Trinajstić information content (AvgIpc) is 2.65. The fraction of sp³-hybridized carbons (Fsp3) is 0.923. The van der Waals surface area contributed by atoms with Gasteiger partial charge < -0.3 is 10.2 Å². The van der Waals surface area contributed by atoms with Gasteiger partial charge in [0.05, 0.1) is 6.26 Å². The molecule has 0 radical (unpaired) electrons. The lowest BCUT2D eigenvalue weighted by Gasteiger charge is -2.31. The minimum atomic E-state index is -3.40. The summed E-state index contributed by atoms with van der Waals surface area (Å²) in [4.78, 5) is 14.4. The molecule has 124 valence electrons. The first-order chi connectivity index (χ1) is 9.19. The van der Waals surface area contributed by atoms with Crippen LogP contribution >= 0.6 is 12.4 Å². The second-order valence-electron chi connectivity index (χ2n) is 6.55. The summed E-state index contributed by atoms with van der Waals surface area (Å²) in [7, 11) is -3.40. The zero-order valence-electron chi connectivity index (χ0n) is 12.9. The molecule has 2 fully saturated rings. The Kier molecular flexibility index (Phi) is 6.06. The molecule has 8 heteroatoms. The third kappa shape index (κ3) is 4.81. The fourth-order valence-corrected chi connectivity index (χ4v) is 4.34. The highest BCUT2D eigenvalue weighted by Crippen LogP contribution is 2.28. The van der Waals surface area contributed by atoms with Gasteiger partial charge in [0.25, 0.3) is 0 Å². The van der Waals surface area contributed by atoms with Gasteiger partial charge >= 0.3 is 0 Å². The van der Waals surface area contributed by atoms with Gasteiger partial charge in [0.1, 0.15) is 5.54 Å². The lowest BCUT2D eigenvalue weighted by molar-refractivity contribution is -0.136. The average molecular weight is 340 g/mol. The molecular weight excluding hydrogens is 314 g/mol. The first-order valence-corrected chi connectivity index (χ1v) is 9.07. The summed E-state index contributed by atoms with van der Waals surface area (Å²) in [6.07, 6.45) is 3.08. The van der Waals surface area contributed by atoms with Crippen LogP contribution in [0.25, 0.3) is 0 Å². The summed E-state index contributed by atoms with van der Waals surface area (Å²) < 4.78 is 25.2. The third-order valence-electron chi connectivity index (χ3n) is 4.28. The van der Waals surface area contributed by atoms with Crippen molar-refractivity contribution < 1.29 is 13.2 Å². The van der Waals surface area contributed by atoms with Crippen molar-refractivity contribution in [2.45, 2.75) is 32.2 Å². The van der Waals surface area contributed by atoms with Gasteiger partial charge in [-0.1, -0.05) is 0 Å². The maximum absolute atomic E-state index is 12.6. The maximum atomic E-state index is 12.6. The van der Waals surface area contributed by atoms with Gasteiger partial charge in [-0.15, -0.1) is 12.4 Å². The Hall–Kier alpha value is -0.370. The van der Waals surface area contributed by atoms with Crippen molar-refractivity contribution in [3.05, 3.63) is 0 Å². The molecule has 2 N–H and O–H groups in total. The maximum Gasteiger partial charge on any atom is 0.243 e. The van der Waals surface area contributed by atoms with E-state index in [1.807, 2.05) is 4.90 Å². The van der Waals surface area contributed by atoms with E-state index < -0.39 is 15.6 Å². The van der Waals surface area contributed by atoms with E-state index in [2.05, 4.69) is 10.0 Å². The summed E-state index contributed by atoms with van der Waals surface area (Å²) in [5, 5.41) is 3.40. The number of sulfonamides is 1. The number of rotatable bonds is 3. The van der Waals surface area contributed by atoms with Crippen LogP contribution in [0.4, 0.5) is 0 Å². The van der Waals surface area contributed by atoms with Gasteiger partial charge in [0.15, 0.2) is 0 Å². The van der Waals surface area contributed by atoms with Crippen molar-refractivity contribution >= 4 is 28.3 Å². The number of amides is 1. The molecule has 6 nitrogen and oxygen atoms in total. The molecule has 2 saturated heterocycles. The van der Waals surface area contributed by atoms with Crippen molar-refractivity contribution in [3.8, 4) is 0 Å². The number of hydrogen-bond acceptors (Lipinski definition) is 4. The summed E-state index contributed by atoms with van der Waals surface area (Å²) in [6, 6.07) is 0. The van der Waals surface area contributed by atoms with E-state index in [1.165, 1.54) is 0 Å². The van der Waals surface area contributed by atoms with E-state index in [1.54, 1.807) is 13.8 Å². The minimum Gasteiger partial charge on any atom is -0.341 e. The molecule has 2 heterocycles. The molecule has 2 atom stereocenters. The van der Waals surface area contributed by atoms with Crippen LogP contribution in [0.5, 0.6) is 0 Å². The van der Waals surface area contributed by atoms with Gasteiger partial charge in [0, 0.05) is 13.1 Å². The normalized spacial score (nSPS) is 26.7. The fourth-order valence-electron chi connectivity index (χ4n) is 3.32. The Balaban J connectivity index is 0.00000220. The number of nitrogens with zero attached hydrogens (tertiary/aromatic N) is 1. The van der Waals surface area contributed by atoms with E-state index >= 15 is 0 Å². The Morgan fingerprint density at radius 1 is 1.19 bits per heavy atom. The second kappa shape index (κ2) is 6.81. The quantitative estimate of drug-likeness (QED) is 0.769. The number of likely N-dealkylation sites (tertiary alicyclic amines) is 1. The van der Waals surface area contributed by atoms with Crippen LogP contribution in [0.2, 0.25) is 0 Å². The van der Waals surface area contributed by atoms with Crippen LogP contribution < -0.4 is 10.0 Å². The molecule has 2 aliphatic heterocycles. The predicted octanol–water partition coefficient (Wildman–Crippen LogP) is 0.194. The monoisotopic (exact) mass is 339 g/mol. The number of hydrogen-bond donors (Lipinski definition) is 2. The van der Waals surface area contributed by atoms with Crippen molar-refractivity contribution in [2.75, 3.05) is 32.4 Å². The molecule has 1 amide bonds. The topological polar surface area (TPSA) is 78.5 Å². The van der Waals surface area contributed by atoms with E-state index in [9.17, 15) is 13.2 Å². The van der Waals surface area contributed by atoms with Crippen LogP contribution in [0.15, 0.2) is 0 Å². The standard InChI is InChI=1S/C13H25N3O3S.ClH/c1-13(2,15-20(3,18)19)12(17)16-6-4-10-8-14-9-11(10)5-7-16;/h10-11,14-15H,4-9H2,1-3H3;1H/t10-,11+;. The third-order valence-corrected chi connectivity index (χ3v) is 5.16. The molecule has 0 unspecified atom stereocenters. The minimum absolute atomic E-state index is 0. The SMILES string of the molecule is CC(C)(NS(C)(=O)=O)C(=O)N1CC[C@@H]2CNC[C@@H]2CC1.Cl. The van der Waals surface area contributed by atoms with Crippen LogP contribution in [-0.2, 0) is 14.8 Å². The first-order valence-electron chi connectivity index (χ1n) is 7.18. The summed E-state index contributed by atoms with van der Waals surface area (Å²) >= 11 is 0. The van der Waals surface area contributed by atoms with E-state index in [0.717, 1.165) is 45.3 Å². The number of nitrogens with one attached hydrogen (secondary N) is 2. The predicted molar refractivity (Wildman–Crippen MR) is 85.0 cm³/mol. The zero-order chi connectivity index (χ0) is 15.0. The largest absolute Gasteiger partial charge is 0.341 e. The van der Waals surface area contributed by atoms with Gasteiger partial charge in [-0.3, -0.25) is 4.79 Å². The summed E-state index contributed by atoms with van der Waals surface area (Å²) in [5.41, 5.74) is -1.08. The van der Waals surface area contributed by atoms with Gasteiger partial charge in [0.2, 0.25) is 15.9 Å². The number of fused-ring (bicyclic) bond motifs is 1. The van der Waals surface area contributed by atoms with Crippen LogP contribution in [0.1, 0.15) is 26.7 Å². The molecule has 0 saturated carbocycles. The summed E-state index contributed by atoms with van der Waals surface area (Å²) in [6.45, 7) is 6.77. The Morgan fingerprint density at radius 3 is 2.10 bits per heavy atom. The molecule has 0 aromatic rings. The Bertz CT molecular complexity index is 467. The van der Waals surface area contributed by atoms with Crippen molar-refractivity contribution in [3.63, 3.8) is 0 Å². The highest BCUT2D eigenvalue weighted by molar-refractivity contribution is 7.88. The lowest BCUT2D eigenvalue weighted by Crippen LogP contribution is -2.55. The number of halogens is 1. The van der Waals surface area contributed by atoms with Crippen LogP contribution in [-0.4, -0.2) is 57.2 Å². The highest BCUT2D eigenvalue weighted by Gasteiger charge is 2.37. The van der Waals surface area contributed by atoms with Gasteiger partial charge in [-0.25, -0.2) is 13.1 Å². The van der Waals surface area contributed by atoms with E-state index in [-0.39, 0.29) is 18.3 Å². The van der Waals surface area contributed by atoms with Crippen molar-refractivity contribution in [1.82, 2.24) is 14.9 Å². The zero-order valence-corrected chi connectivity index (χ0v) is 14.5. The first kappa shape index (κ1) is 18.7. The molecule has 0 spiro atoms. The molecule has 0 aliphatic carbocycles. The van der Waals surface area contributed by atoms with E-state index in [0.29, 0.717) is 11.8 Å². The second-order valence-corrected chi connectivity index (χ2v) is 8.30. The smallest absolute Gasteiger partial charge is 0.243 e. The Labute approximate surface area is 133 Å². The molecule has 21 heavy (non-hydrogen) atoms. The van der Waals surface area contributed by atoms with Crippen molar-refractivity contribution in [1.29, 1.82) is 0 Å². The molecule has 0 aromatic heterocycles. The molecular formula is C13H26ClN3O3S. The van der Waals surface area contributed by atoms with Crippen LogP contribution in [0, 0.1) is 11.8 Å². The molecule has 2 aliphatic rings. The number of carbonyl (C=O) groups excluding carboxylic acids is 1. The number of carbonyl (C=O) groups is 1. The Morgan fingerprint density at radius 2 is 1.67 bits per heavy atom. The van der Waals surface area contributed by atoms with Crippen molar-refractivity contribution in [2.24, 2.45) is 11.8 Å². The van der Waals surface area contributed by atoms with Crippen LogP contribution in [0.3, 0.4) is 0 Å². The molecule has 0 bridgehead atoms. The van der Waals surface area contributed by atoms with Gasteiger partial charge in [-0.05, 0) is 51.6 Å². The lowest BCUT2D eigenvalue weighted by atomic mass is 9.92. The van der Waals surface area contributed by atoms with E-state index in [4.69, 9.17) is 0 Å². The highest BCUT2D eigenvalue weighted by atomic mass is 35.5. The summed E-state index contributed by atoms with van der Waals surface area (Å²) in [5.74, 6) is 1.17.